The highest BCUT2D eigenvalue weighted by Gasteiger charge is 2.32. The molecule has 0 aromatic heterocycles. The molecule has 5 nitrogen and oxygen atoms in total. The molecule has 0 saturated carbocycles. The zero-order valence-electron chi connectivity index (χ0n) is 17.1. The second-order valence-corrected chi connectivity index (χ2v) is 7.41. The summed E-state index contributed by atoms with van der Waals surface area (Å²) >= 11 is 0. The normalized spacial score (nSPS) is 12.4. The van der Waals surface area contributed by atoms with Gasteiger partial charge in [0, 0.05) is 23.1 Å². The molecule has 0 unspecified atom stereocenters. The van der Waals surface area contributed by atoms with Crippen LogP contribution in [0.25, 0.3) is 28.0 Å². The van der Waals surface area contributed by atoms with Crippen LogP contribution in [0.3, 0.4) is 0 Å². The van der Waals surface area contributed by atoms with Crippen molar-refractivity contribution in [3.8, 4) is 23.3 Å². The van der Waals surface area contributed by atoms with E-state index < -0.39 is 0 Å². The number of nitrogens with zero attached hydrogens (tertiary/aromatic N) is 3. The molecule has 4 rings (SSSR count). The summed E-state index contributed by atoms with van der Waals surface area (Å²) in [4.78, 5) is 27.4. The van der Waals surface area contributed by atoms with Crippen LogP contribution < -0.4 is 0 Å². The van der Waals surface area contributed by atoms with E-state index in [0.29, 0.717) is 23.1 Å². The lowest BCUT2D eigenvalue weighted by Crippen LogP contribution is -2.40. The number of hydrogen-bond acceptors (Lipinski definition) is 4. The molecule has 0 fully saturated rings. The first-order valence-electron chi connectivity index (χ1n) is 10.1. The minimum Gasteiger partial charge on any atom is -0.274 e. The molecule has 2 amide bonds. The fraction of sp³-hybridized carbons (Fsp3) is 0.154. The van der Waals surface area contributed by atoms with Crippen molar-refractivity contribution in [2.45, 2.75) is 19.8 Å². The van der Waals surface area contributed by atoms with Gasteiger partial charge < -0.3 is 0 Å². The van der Waals surface area contributed by atoms with Crippen molar-refractivity contribution in [3.63, 3.8) is 0 Å². The molecule has 3 aromatic carbocycles. The third-order valence-corrected chi connectivity index (χ3v) is 5.50. The third kappa shape index (κ3) is 3.47. The Bertz CT molecular complexity index is 1280. The maximum absolute atomic E-state index is 13.0. The Morgan fingerprint density at radius 1 is 0.903 bits per heavy atom. The number of rotatable bonds is 5. The number of amides is 2. The molecule has 0 N–H and O–H groups in total. The maximum Gasteiger partial charge on any atom is 0.261 e. The highest BCUT2D eigenvalue weighted by atomic mass is 16.2. The molecule has 31 heavy (non-hydrogen) atoms. The Balaban J connectivity index is 1.81. The van der Waals surface area contributed by atoms with Gasteiger partial charge >= 0.3 is 0 Å². The van der Waals surface area contributed by atoms with Gasteiger partial charge in [-0.25, -0.2) is 0 Å². The zero-order valence-corrected chi connectivity index (χ0v) is 17.1. The van der Waals surface area contributed by atoms with Gasteiger partial charge in [0.05, 0.1) is 0 Å². The standard InChI is InChI=1S/C26H19N3O2/c1-2-3-13-29-25(30)22-6-4-5-21-20(11-12-23(24(21)22)26(29)31)19-9-7-17(8-10-19)14-18(15-27)16-28/h4-12,14H,2-3,13H2,1H3. The summed E-state index contributed by atoms with van der Waals surface area (Å²) in [7, 11) is 0. The summed E-state index contributed by atoms with van der Waals surface area (Å²) < 4.78 is 0. The molecule has 5 heteroatoms. The quantitative estimate of drug-likeness (QED) is 0.424. The molecule has 0 bridgehead atoms. The van der Waals surface area contributed by atoms with Gasteiger partial charge in [-0.05, 0) is 46.7 Å². The van der Waals surface area contributed by atoms with Crippen molar-refractivity contribution < 1.29 is 9.59 Å². The summed E-state index contributed by atoms with van der Waals surface area (Å²) in [5.74, 6) is -0.482. The molecular formula is C26H19N3O2. The lowest BCUT2D eigenvalue weighted by Gasteiger charge is -2.27. The average Bonchev–Trinajstić information content (AvgIpc) is 2.81. The number of nitriles is 2. The average molecular weight is 405 g/mol. The molecule has 1 heterocycles. The van der Waals surface area contributed by atoms with Crippen molar-refractivity contribution in [1.29, 1.82) is 10.5 Å². The van der Waals surface area contributed by atoms with E-state index >= 15 is 0 Å². The summed E-state index contributed by atoms with van der Waals surface area (Å²) in [5.41, 5.74) is 3.74. The number of allylic oxidation sites excluding steroid dienone is 1. The van der Waals surface area contributed by atoms with Crippen molar-refractivity contribution >= 4 is 28.7 Å². The van der Waals surface area contributed by atoms with Crippen LogP contribution in [0, 0.1) is 22.7 Å². The number of carbonyl (C=O) groups excluding carboxylic acids is 2. The molecule has 0 atom stereocenters. The van der Waals surface area contributed by atoms with Crippen molar-refractivity contribution in [1.82, 2.24) is 4.90 Å². The van der Waals surface area contributed by atoms with Gasteiger partial charge in [0.2, 0.25) is 0 Å². The first-order valence-corrected chi connectivity index (χ1v) is 10.1. The highest BCUT2D eigenvalue weighted by Crippen LogP contribution is 2.36. The molecule has 0 aliphatic carbocycles. The van der Waals surface area contributed by atoms with Crippen molar-refractivity contribution in [2.75, 3.05) is 6.54 Å². The number of carbonyl (C=O) groups is 2. The number of hydrogen-bond donors (Lipinski definition) is 0. The van der Waals surface area contributed by atoms with Gasteiger partial charge in [-0.3, -0.25) is 14.5 Å². The molecular weight excluding hydrogens is 386 g/mol. The number of imide groups is 1. The van der Waals surface area contributed by atoms with Gasteiger partial charge in [0.1, 0.15) is 17.7 Å². The van der Waals surface area contributed by atoms with Crippen LogP contribution in [-0.4, -0.2) is 23.3 Å². The maximum atomic E-state index is 13.0. The topological polar surface area (TPSA) is 85.0 Å². The lowest BCUT2D eigenvalue weighted by atomic mass is 9.89. The van der Waals surface area contributed by atoms with E-state index in [1.165, 1.54) is 11.0 Å². The molecule has 0 saturated heterocycles. The van der Waals surface area contributed by atoms with E-state index in [1.807, 2.05) is 61.5 Å². The minimum atomic E-state index is -0.241. The predicted molar refractivity (Wildman–Crippen MR) is 119 cm³/mol. The Morgan fingerprint density at radius 3 is 2.19 bits per heavy atom. The van der Waals surface area contributed by atoms with E-state index in [1.54, 1.807) is 12.1 Å². The van der Waals surface area contributed by atoms with Crippen LogP contribution >= 0.6 is 0 Å². The molecule has 0 spiro atoms. The Morgan fingerprint density at radius 2 is 1.55 bits per heavy atom. The summed E-state index contributed by atoms with van der Waals surface area (Å²) in [6.07, 6.45) is 3.22. The smallest absolute Gasteiger partial charge is 0.261 e. The van der Waals surface area contributed by atoms with E-state index in [-0.39, 0.29) is 17.4 Å². The van der Waals surface area contributed by atoms with E-state index in [2.05, 4.69) is 0 Å². The third-order valence-electron chi connectivity index (χ3n) is 5.50. The molecule has 150 valence electrons. The van der Waals surface area contributed by atoms with Gasteiger partial charge in [0.15, 0.2) is 0 Å². The molecule has 1 aliphatic heterocycles. The van der Waals surface area contributed by atoms with E-state index in [4.69, 9.17) is 10.5 Å². The Hall–Kier alpha value is -4.22. The molecule has 3 aromatic rings. The summed E-state index contributed by atoms with van der Waals surface area (Å²) in [6.45, 7) is 2.45. The fourth-order valence-electron chi connectivity index (χ4n) is 3.93. The highest BCUT2D eigenvalue weighted by molar-refractivity contribution is 6.26. The van der Waals surface area contributed by atoms with Gasteiger partial charge in [-0.15, -0.1) is 0 Å². The number of benzene rings is 3. The van der Waals surface area contributed by atoms with Crippen molar-refractivity contribution in [3.05, 3.63) is 76.9 Å². The van der Waals surface area contributed by atoms with Crippen LogP contribution in [-0.2, 0) is 0 Å². The van der Waals surface area contributed by atoms with Crippen LogP contribution in [0.2, 0.25) is 0 Å². The van der Waals surface area contributed by atoms with Gasteiger partial charge in [0.25, 0.3) is 11.8 Å². The van der Waals surface area contributed by atoms with E-state index in [9.17, 15) is 9.59 Å². The van der Waals surface area contributed by atoms with Crippen LogP contribution in [0.15, 0.2) is 60.2 Å². The summed E-state index contributed by atoms with van der Waals surface area (Å²) in [6, 6.07) is 20.5. The molecule has 0 radical (unpaired) electrons. The Labute approximate surface area is 180 Å². The van der Waals surface area contributed by atoms with Crippen molar-refractivity contribution in [2.24, 2.45) is 0 Å². The second kappa shape index (κ2) is 8.26. The van der Waals surface area contributed by atoms with Crippen LogP contribution in [0.4, 0.5) is 0 Å². The predicted octanol–water partition coefficient (Wildman–Crippen LogP) is 5.33. The van der Waals surface area contributed by atoms with E-state index in [0.717, 1.165) is 34.9 Å². The lowest BCUT2D eigenvalue weighted by molar-refractivity contribution is 0.0608. The number of unbranched alkanes of at least 4 members (excludes halogenated alkanes) is 1. The summed E-state index contributed by atoms with van der Waals surface area (Å²) in [5, 5.41) is 19.4. The first-order chi connectivity index (χ1) is 15.1. The first kappa shape index (κ1) is 20.1. The van der Waals surface area contributed by atoms with Crippen LogP contribution in [0.1, 0.15) is 46.0 Å². The van der Waals surface area contributed by atoms with Gasteiger partial charge in [-0.2, -0.15) is 10.5 Å². The Kier molecular flexibility index (Phi) is 5.35. The largest absolute Gasteiger partial charge is 0.274 e. The SMILES string of the molecule is CCCCN1C(=O)c2cccc3c(-c4ccc(C=C(C#N)C#N)cc4)ccc(c23)C1=O. The van der Waals surface area contributed by atoms with Crippen LogP contribution in [0.5, 0.6) is 0 Å². The monoisotopic (exact) mass is 405 g/mol. The zero-order chi connectivity index (χ0) is 22.0. The molecule has 1 aliphatic rings. The second-order valence-electron chi connectivity index (χ2n) is 7.41. The van der Waals surface area contributed by atoms with Gasteiger partial charge in [-0.1, -0.05) is 55.8 Å². The fourth-order valence-corrected chi connectivity index (χ4v) is 3.93. The minimum absolute atomic E-state index is 0.0407.